The van der Waals surface area contributed by atoms with Gasteiger partial charge in [-0.1, -0.05) is 0 Å². The zero-order chi connectivity index (χ0) is 21.7. The van der Waals surface area contributed by atoms with Crippen molar-refractivity contribution in [1.29, 1.82) is 0 Å². The lowest BCUT2D eigenvalue weighted by atomic mass is 9.81. The molecule has 7 heteroatoms. The Hall–Kier alpha value is -3.35. The highest BCUT2D eigenvalue weighted by molar-refractivity contribution is 6.22. The van der Waals surface area contributed by atoms with Crippen LogP contribution in [0.25, 0.3) is 0 Å². The molecule has 0 spiro atoms. The number of fused-ring (bicyclic) bond motifs is 5. The highest BCUT2D eigenvalue weighted by atomic mass is 16.5. The van der Waals surface area contributed by atoms with Crippen molar-refractivity contribution in [3.8, 4) is 11.5 Å². The molecule has 3 aliphatic rings. The van der Waals surface area contributed by atoms with Gasteiger partial charge in [-0.3, -0.25) is 19.3 Å². The maximum atomic E-state index is 13.0. The van der Waals surface area contributed by atoms with E-state index in [-0.39, 0.29) is 29.6 Å². The van der Waals surface area contributed by atoms with Crippen LogP contribution in [-0.2, 0) is 9.59 Å². The molecule has 2 aromatic rings. The first kappa shape index (κ1) is 19.6. The van der Waals surface area contributed by atoms with Gasteiger partial charge >= 0.3 is 0 Å². The Morgan fingerprint density at radius 2 is 1.58 bits per heavy atom. The summed E-state index contributed by atoms with van der Waals surface area (Å²) in [5.41, 5.74) is 1.43. The first-order valence-corrected chi connectivity index (χ1v) is 10.5. The molecule has 1 N–H and O–H groups in total. The molecule has 3 fully saturated rings. The topological polar surface area (TPSA) is 84.9 Å². The molecule has 2 aliphatic carbocycles. The monoisotopic (exact) mass is 420 g/mol. The van der Waals surface area contributed by atoms with E-state index in [1.165, 1.54) is 12.0 Å². The van der Waals surface area contributed by atoms with E-state index in [1.54, 1.807) is 49.6 Å². The van der Waals surface area contributed by atoms with Gasteiger partial charge in [-0.15, -0.1) is 0 Å². The highest BCUT2D eigenvalue weighted by Crippen LogP contribution is 2.56. The van der Waals surface area contributed by atoms with E-state index in [9.17, 15) is 14.4 Å². The number of amides is 3. The molecule has 4 atom stereocenters. The van der Waals surface area contributed by atoms with Crippen LogP contribution in [-0.4, -0.2) is 31.9 Å². The Morgan fingerprint density at radius 3 is 2.16 bits per heavy atom. The maximum absolute atomic E-state index is 13.0. The molecule has 1 saturated heterocycles. The fourth-order valence-corrected chi connectivity index (χ4v) is 5.53. The van der Waals surface area contributed by atoms with Gasteiger partial charge in [0.05, 0.1) is 37.4 Å². The van der Waals surface area contributed by atoms with Crippen molar-refractivity contribution in [2.45, 2.75) is 19.3 Å². The van der Waals surface area contributed by atoms with Gasteiger partial charge in [-0.2, -0.15) is 0 Å². The number of rotatable bonds is 5. The molecule has 2 aromatic carbocycles. The summed E-state index contributed by atoms with van der Waals surface area (Å²) in [6, 6.07) is 11.7. The summed E-state index contributed by atoms with van der Waals surface area (Å²) in [5.74, 6) is 0.994. The third kappa shape index (κ3) is 3.07. The lowest BCUT2D eigenvalue weighted by Gasteiger charge is -2.19. The van der Waals surface area contributed by atoms with Crippen LogP contribution in [0.4, 0.5) is 11.4 Å². The summed E-state index contributed by atoms with van der Waals surface area (Å²) in [7, 11) is 3.07. The van der Waals surface area contributed by atoms with Gasteiger partial charge in [-0.05, 0) is 67.5 Å². The lowest BCUT2D eigenvalue weighted by Crippen LogP contribution is -2.32. The minimum absolute atomic E-state index is 0.0829. The minimum atomic E-state index is -0.327. The number of methoxy groups -OCH3 is 2. The predicted octanol–water partition coefficient (Wildman–Crippen LogP) is 3.49. The summed E-state index contributed by atoms with van der Waals surface area (Å²) in [5, 5.41) is 2.82. The molecular formula is C24H24N2O5. The van der Waals surface area contributed by atoms with Crippen molar-refractivity contribution < 1.29 is 23.9 Å². The second kappa shape index (κ2) is 7.41. The van der Waals surface area contributed by atoms with E-state index in [2.05, 4.69) is 5.32 Å². The van der Waals surface area contributed by atoms with E-state index < -0.39 is 0 Å². The van der Waals surface area contributed by atoms with Gasteiger partial charge in [0.2, 0.25) is 11.8 Å². The van der Waals surface area contributed by atoms with Crippen molar-refractivity contribution >= 4 is 29.1 Å². The third-order valence-electron chi connectivity index (χ3n) is 6.97. The van der Waals surface area contributed by atoms with Crippen LogP contribution >= 0.6 is 0 Å². The summed E-state index contributed by atoms with van der Waals surface area (Å²) < 4.78 is 10.5. The molecule has 5 rings (SSSR count). The Balaban J connectivity index is 1.34. The molecule has 1 aliphatic heterocycles. The number of hydrogen-bond acceptors (Lipinski definition) is 5. The fraction of sp³-hybridized carbons (Fsp3) is 0.375. The van der Waals surface area contributed by atoms with Gasteiger partial charge in [0, 0.05) is 11.6 Å². The standard InChI is InChI=1S/C24H24N2O5/c1-30-17-9-10-19(31-2)18(12-17)25-22(27)13-5-7-16(8-6-13)26-23(28)20-14-3-4-15(11-14)21(20)24(26)29/h5-10,12,14-15,20-21H,3-4,11H2,1-2H3,(H,25,27)/t14-,15-,20-,21+/m1/s1. The van der Waals surface area contributed by atoms with Crippen LogP contribution < -0.4 is 19.7 Å². The largest absolute Gasteiger partial charge is 0.497 e. The van der Waals surface area contributed by atoms with Gasteiger partial charge in [0.1, 0.15) is 11.5 Å². The SMILES string of the molecule is COc1ccc(OC)c(NC(=O)c2ccc(N3C(=O)[C@@H]4[C@@H]5CC[C@H](C5)[C@@H]4C3=O)cc2)c1. The lowest BCUT2D eigenvalue weighted by molar-refractivity contribution is -0.123. The molecule has 3 amide bonds. The highest BCUT2D eigenvalue weighted by Gasteiger charge is 2.61. The quantitative estimate of drug-likeness (QED) is 0.749. The molecular weight excluding hydrogens is 396 g/mol. The predicted molar refractivity (Wildman–Crippen MR) is 114 cm³/mol. The number of carbonyl (C=O) groups is 3. The molecule has 2 bridgehead atoms. The molecule has 0 radical (unpaired) electrons. The first-order chi connectivity index (χ1) is 15.0. The summed E-state index contributed by atoms with van der Waals surface area (Å²) in [6.45, 7) is 0. The summed E-state index contributed by atoms with van der Waals surface area (Å²) >= 11 is 0. The van der Waals surface area contributed by atoms with Crippen molar-refractivity contribution in [2.24, 2.45) is 23.7 Å². The van der Waals surface area contributed by atoms with Crippen LogP contribution in [0.2, 0.25) is 0 Å². The van der Waals surface area contributed by atoms with E-state index in [1.807, 2.05) is 0 Å². The number of imide groups is 1. The zero-order valence-electron chi connectivity index (χ0n) is 17.5. The third-order valence-corrected chi connectivity index (χ3v) is 6.97. The fourth-order valence-electron chi connectivity index (χ4n) is 5.53. The van der Waals surface area contributed by atoms with Crippen LogP contribution in [0, 0.1) is 23.7 Å². The van der Waals surface area contributed by atoms with Crippen molar-refractivity contribution in [2.75, 3.05) is 24.4 Å². The minimum Gasteiger partial charge on any atom is -0.497 e. The molecule has 7 nitrogen and oxygen atoms in total. The van der Waals surface area contributed by atoms with Crippen LogP contribution in [0.15, 0.2) is 42.5 Å². The van der Waals surface area contributed by atoms with Gasteiger partial charge in [0.25, 0.3) is 5.91 Å². The Kier molecular flexibility index (Phi) is 4.68. The first-order valence-electron chi connectivity index (χ1n) is 10.5. The summed E-state index contributed by atoms with van der Waals surface area (Å²) in [4.78, 5) is 40.0. The van der Waals surface area contributed by atoms with E-state index in [0.717, 1.165) is 19.3 Å². The van der Waals surface area contributed by atoms with Gasteiger partial charge in [0.15, 0.2) is 0 Å². The summed E-state index contributed by atoms with van der Waals surface area (Å²) in [6.07, 6.45) is 3.10. The number of anilines is 2. The van der Waals surface area contributed by atoms with E-state index in [0.29, 0.717) is 40.3 Å². The van der Waals surface area contributed by atoms with Crippen molar-refractivity contribution in [1.82, 2.24) is 0 Å². The average molecular weight is 420 g/mol. The maximum Gasteiger partial charge on any atom is 0.255 e. The number of hydrogen-bond donors (Lipinski definition) is 1. The zero-order valence-corrected chi connectivity index (χ0v) is 17.5. The van der Waals surface area contributed by atoms with E-state index >= 15 is 0 Å². The second-order valence-corrected chi connectivity index (χ2v) is 8.46. The number of nitrogens with zero attached hydrogens (tertiary/aromatic N) is 1. The Bertz CT molecular complexity index is 1040. The molecule has 0 unspecified atom stereocenters. The van der Waals surface area contributed by atoms with Crippen LogP contribution in [0.5, 0.6) is 11.5 Å². The van der Waals surface area contributed by atoms with E-state index in [4.69, 9.17) is 9.47 Å². The van der Waals surface area contributed by atoms with Crippen molar-refractivity contribution in [3.05, 3.63) is 48.0 Å². The number of nitrogens with one attached hydrogen (secondary N) is 1. The van der Waals surface area contributed by atoms with Gasteiger partial charge < -0.3 is 14.8 Å². The normalized spacial score (nSPS) is 26.2. The van der Waals surface area contributed by atoms with Crippen molar-refractivity contribution in [3.63, 3.8) is 0 Å². The molecule has 1 heterocycles. The average Bonchev–Trinajstić information content (AvgIpc) is 3.47. The molecule has 0 aromatic heterocycles. The number of ether oxygens (including phenoxy) is 2. The van der Waals surface area contributed by atoms with Crippen LogP contribution in [0.3, 0.4) is 0 Å². The molecule has 2 saturated carbocycles. The smallest absolute Gasteiger partial charge is 0.255 e. The Labute approximate surface area is 180 Å². The number of carbonyl (C=O) groups excluding carboxylic acids is 3. The second-order valence-electron chi connectivity index (χ2n) is 8.46. The number of benzene rings is 2. The Morgan fingerprint density at radius 1 is 0.935 bits per heavy atom. The molecule has 160 valence electrons. The van der Waals surface area contributed by atoms with Crippen LogP contribution in [0.1, 0.15) is 29.6 Å². The molecule has 31 heavy (non-hydrogen) atoms. The van der Waals surface area contributed by atoms with Gasteiger partial charge in [-0.25, -0.2) is 0 Å².